The number of benzene rings is 2. The van der Waals surface area contributed by atoms with Crippen LogP contribution in [0, 0.1) is 0 Å². The molecular weight excluding hydrogens is 356 g/mol. The number of methoxy groups -OCH3 is 1. The molecule has 0 unspecified atom stereocenters. The lowest BCUT2D eigenvalue weighted by Crippen LogP contribution is -2.20. The fourth-order valence-corrected chi connectivity index (χ4v) is 3.10. The van der Waals surface area contributed by atoms with E-state index >= 15 is 0 Å². The molecule has 6 nitrogen and oxygen atoms in total. The minimum atomic E-state index is -0.705. The Kier molecular flexibility index (Phi) is 4.60. The first kappa shape index (κ1) is 17.5. The van der Waals surface area contributed by atoms with Gasteiger partial charge in [0, 0.05) is 17.2 Å². The number of ketones is 1. The van der Waals surface area contributed by atoms with Crippen LogP contribution in [-0.4, -0.2) is 24.6 Å². The number of ether oxygens (including phenoxy) is 1. The average Bonchev–Trinajstić information content (AvgIpc) is 3.37. The fraction of sp³-hybridized carbons (Fsp3) is 0.0455. The molecule has 0 fully saturated rings. The Hall–Kier alpha value is -3.93. The van der Waals surface area contributed by atoms with Gasteiger partial charge in [0.2, 0.25) is 5.78 Å². The van der Waals surface area contributed by atoms with E-state index in [-0.39, 0.29) is 11.5 Å². The number of nitrogens with one attached hydrogen (secondary N) is 1. The molecular formula is C22H16N2O4. The van der Waals surface area contributed by atoms with Crippen molar-refractivity contribution in [2.75, 3.05) is 7.11 Å². The second-order valence-corrected chi connectivity index (χ2v) is 6.05. The Morgan fingerprint density at radius 1 is 0.929 bits per heavy atom. The number of carbonyl (C=O) groups is 2. The van der Waals surface area contributed by atoms with Crippen molar-refractivity contribution in [2.24, 2.45) is 5.10 Å². The van der Waals surface area contributed by atoms with Crippen molar-refractivity contribution in [3.63, 3.8) is 0 Å². The van der Waals surface area contributed by atoms with E-state index in [4.69, 9.17) is 9.15 Å². The number of nitrogens with zero attached hydrogens (tertiary/aromatic N) is 1. The largest absolute Gasteiger partial charge is 0.464 e. The molecule has 0 spiro atoms. The van der Waals surface area contributed by atoms with Crippen LogP contribution in [0.4, 0.5) is 0 Å². The summed E-state index contributed by atoms with van der Waals surface area (Å²) in [7, 11) is 1.24. The number of fused-ring (bicyclic) bond motifs is 3. The Bertz CT molecular complexity index is 1060. The SMILES string of the molecule is COC(=O)C(=CC(=O)c1ccco1)NN=C1c2ccccc2-c2ccccc21. The summed E-state index contributed by atoms with van der Waals surface area (Å²) >= 11 is 0. The minimum Gasteiger partial charge on any atom is -0.464 e. The summed E-state index contributed by atoms with van der Waals surface area (Å²) in [5.74, 6) is -1.05. The van der Waals surface area contributed by atoms with Crippen LogP contribution in [0.1, 0.15) is 21.7 Å². The Balaban J connectivity index is 1.71. The molecule has 0 atom stereocenters. The quantitative estimate of drug-likeness (QED) is 0.251. The molecule has 0 amide bonds. The van der Waals surface area contributed by atoms with Crippen LogP contribution in [-0.2, 0) is 9.53 Å². The highest BCUT2D eigenvalue weighted by Crippen LogP contribution is 2.36. The maximum Gasteiger partial charge on any atom is 0.356 e. The van der Waals surface area contributed by atoms with Gasteiger partial charge >= 0.3 is 5.97 Å². The van der Waals surface area contributed by atoms with E-state index in [1.54, 1.807) is 6.07 Å². The molecule has 0 saturated heterocycles. The summed E-state index contributed by atoms with van der Waals surface area (Å²) in [5.41, 5.74) is 7.31. The third-order valence-corrected chi connectivity index (χ3v) is 4.39. The van der Waals surface area contributed by atoms with Crippen molar-refractivity contribution < 1.29 is 18.7 Å². The minimum absolute atomic E-state index is 0.0849. The Morgan fingerprint density at radius 3 is 2.07 bits per heavy atom. The third kappa shape index (κ3) is 3.12. The van der Waals surface area contributed by atoms with Crippen molar-refractivity contribution in [3.8, 4) is 11.1 Å². The lowest BCUT2D eigenvalue weighted by atomic mass is 10.1. The van der Waals surface area contributed by atoms with Gasteiger partial charge < -0.3 is 9.15 Å². The summed E-state index contributed by atoms with van der Waals surface area (Å²) in [4.78, 5) is 24.4. The molecule has 0 aliphatic heterocycles. The zero-order valence-corrected chi connectivity index (χ0v) is 15.0. The molecule has 0 bridgehead atoms. The highest BCUT2D eigenvalue weighted by molar-refractivity contribution is 6.24. The summed E-state index contributed by atoms with van der Waals surface area (Å²) in [6.07, 6.45) is 2.50. The van der Waals surface area contributed by atoms with Crippen LogP contribution in [0.15, 0.2) is 88.2 Å². The molecule has 2 aromatic carbocycles. The van der Waals surface area contributed by atoms with Crippen molar-refractivity contribution in [1.82, 2.24) is 5.43 Å². The van der Waals surface area contributed by atoms with Crippen LogP contribution in [0.25, 0.3) is 11.1 Å². The monoisotopic (exact) mass is 372 g/mol. The van der Waals surface area contributed by atoms with Crippen LogP contribution in [0.3, 0.4) is 0 Å². The predicted octanol–water partition coefficient (Wildman–Crippen LogP) is 3.54. The number of allylic oxidation sites excluding steroid dienone is 1. The van der Waals surface area contributed by atoms with Gasteiger partial charge in [-0.1, -0.05) is 48.5 Å². The van der Waals surface area contributed by atoms with E-state index in [2.05, 4.69) is 10.5 Å². The first-order valence-electron chi connectivity index (χ1n) is 8.60. The van der Waals surface area contributed by atoms with Gasteiger partial charge in [0.1, 0.15) is 5.70 Å². The van der Waals surface area contributed by atoms with Crippen LogP contribution in [0.2, 0.25) is 0 Å². The summed E-state index contributed by atoms with van der Waals surface area (Å²) in [6, 6.07) is 18.9. The van der Waals surface area contributed by atoms with E-state index in [0.717, 1.165) is 28.3 Å². The number of hydrazone groups is 1. The lowest BCUT2D eigenvalue weighted by Gasteiger charge is -2.07. The second kappa shape index (κ2) is 7.36. The Morgan fingerprint density at radius 2 is 1.54 bits per heavy atom. The topological polar surface area (TPSA) is 80.9 Å². The number of hydrogen-bond acceptors (Lipinski definition) is 6. The molecule has 0 saturated carbocycles. The highest BCUT2D eigenvalue weighted by atomic mass is 16.5. The molecule has 1 aromatic heterocycles. The van der Waals surface area contributed by atoms with E-state index in [1.807, 2.05) is 48.5 Å². The highest BCUT2D eigenvalue weighted by Gasteiger charge is 2.24. The number of hydrogen-bond donors (Lipinski definition) is 1. The molecule has 1 heterocycles. The number of carbonyl (C=O) groups excluding carboxylic acids is 2. The van der Waals surface area contributed by atoms with Crippen LogP contribution in [0.5, 0.6) is 0 Å². The molecule has 0 radical (unpaired) electrons. The van der Waals surface area contributed by atoms with E-state index < -0.39 is 11.8 Å². The molecule has 1 N–H and O–H groups in total. The third-order valence-electron chi connectivity index (χ3n) is 4.39. The van der Waals surface area contributed by atoms with Crippen molar-refractivity contribution in [1.29, 1.82) is 0 Å². The number of esters is 1. The van der Waals surface area contributed by atoms with Gasteiger partial charge in [-0.05, 0) is 23.3 Å². The van der Waals surface area contributed by atoms with E-state index in [1.165, 1.54) is 19.4 Å². The van der Waals surface area contributed by atoms with Gasteiger partial charge in [0.15, 0.2) is 5.76 Å². The van der Waals surface area contributed by atoms with Gasteiger partial charge in [-0.25, -0.2) is 4.79 Å². The van der Waals surface area contributed by atoms with Crippen molar-refractivity contribution in [2.45, 2.75) is 0 Å². The first-order valence-corrected chi connectivity index (χ1v) is 8.60. The predicted molar refractivity (Wildman–Crippen MR) is 104 cm³/mol. The number of rotatable bonds is 5. The summed E-state index contributed by atoms with van der Waals surface area (Å²) < 4.78 is 9.83. The van der Waals surface area contributed by atoms with Gasteiger partial charge in [0.25, 0.3) is 0 Å². The smallest absolute Gasteiger partial charge is 0.356 e. The summed E-state index contributed by atoms with van der Waals surface area (Å²) in [6.45, 7) is 0. The van der Waals surface area contributed by atoms with Crippen LogP contribution >= 0.6 is 0 Å². The molecule has 28 heavy (non-hydrogen) atoms. The van der Waals surface area contributed by atoms with E-state index in [9.17, 15) is 9.59 Å². The average molecular weight is 372 g/mol. The van der Waals surface area contributed by atoms with Gasteiger partial charge in [-0.3, -0.25) is 10.2 Å². The molecule has 138 valence electrons. The molecule has 4 rings (SSSR count). The molecule has 1 aliphatic carbocycles. The van der Waals surface area contributed by atoms with Gasteiger partial charge in [0.05, 0.1) is 19.1 Å². The van der Waals surface area contributed by atoms with Gasteiger partial charge in [-0.15, -0.1) is 0 Å². The lowest BCUT2D eigenvalue weighted by molar-refractivity contribution is -0.136. The van der Waals surface area contributed by atoms with E-state index in [0.29, 0.717) is 5.71 Å². The fourth-order valence-electron chi connectivity index (χ4n) is 3.10. The maximum atomic E-state index is 12.3. The van der Waals surface area contributed by atoms with Crippen molar-refractivity contribution >= 4 is 17.5 Å². The molecule has 3 aromatic rings. The van der Waals surface area contributed by atoms with Crippen LogP contribution < -0.4 is 5.43 Å². The zero-order valence-electron chi connectivity index (χ0n) is 15.0. The second-order valence-electron chi connectivity index (χ2n) is 6.05. The summed E-state index contributed by atoms with van der Waals surface area (Å²) in [5, 5.41) is 4.42. The normalized spacial score (nSPS) is 12.2. The number of furan rings is 1. The molecule has 6 heteroatoms. The van der Waals surface area contributed by atoms with Crippen molar-refractivity contribution in [3.05, 3.63) is 95.6 Å². The zero-order chi connectivity index (χ0) is 19.5. The standard InChI is InChI=1S/C22H16N2O4/c1-27-22(26)18(13-19(25)20-11-6-12-28-20)23-24-21-16-9-4-2-7-14(16)15-8-3-5-10-17(15)21/h2-13,23H,1H3. The Labute approximate surface area is 161 Å². The van der Waals surface area contributed by atoms with Gasteiger partial charge in [-0.2, -0.15) is 5.10 Å². The molecule has 1 aliphatic rings. The maximum absolute atomic E-state index is 12.3. The first-order chi connectivity index (χ1) is 13.7.